The van der Waals surface area contributed by atoms with Crippen LogP contribution in [0.2, 0.25) is 0 Å². The van der Waals surface area contributed by atoms with Gasteiger partial charge in [0.25, 0.3) is 0 Å². The van der Waals surface area contributed by atoms with Crippen molar-refractivity contribution in [3.63, 3.8) is 0 Å². The molecule has 1 unspecified atom stereocenters. The molecule has 1 aliphatic heterocycles. The van der Waals surface area contributed by atoms with E-state index in [2.05, 4.69) is 0 Å². The minimum absolute atomic E-state index is 0.0586. The van der Waals surface area contributed by atoms with E-state index >= 15 is 0 Å². The van der Waals surface area contributed by atoms with Gasteiger partial charge in [0.1, 0.15) is 6.10 Å². The molecule has 1 rings (SSSR count). The average molecular weight is 148 g/mol. The highest BCUT2D eigenvalue weighted by Gasteiger charge is 2.33. The van der Waals surface area contributed by atoms with Gasteiger partial charge in [-0.3, -0.25) is 0 Å². The number of hydrogen-bond donors (Lipinski definition) is 2. The van der Waals surface area contributed by atoms with Crippen molar-refractivity contribution >= 4 is 0 Å². The molecule has 0 aromatic rings. The number of ether oxygens (including phenoxy) is 2. The third-order valence-electron chi connectivity index (χ3n) is 1.58. The van der Waals surface area contributed by atoms with Gasteiger partial charge in [-0.25, -0.2) is 0 Å². The van der Waals surface area contributed by atoms with Gasteiger partial charge in [0, 0.05) is 13.5 Å². The summed E-state index contributed by atoms with van der Waals surface area (Å²) in [6.45, 7) is -0.0586. The molecule has 1 saturated heterocycles. The van der Waals surface area contributed by atoms with Gasteiger partial charge < -0.3 is 19.7 Å². The van der Waals surface area contributed by atoms with Crippen LogP contribution < -0.4 is 0 Å². The number of aliphatic hydroxyl groups is 2. The van der Waals surface area contributed by atoms with Crippen LogP contribution in [-0.4, -0.2) is 42.4 Å². The zero-order chi connectivity index (χ0) is 7.56. The van der Waals surface area contributed by atoms with Gasteiger partial charge in [-0.05, 0) is 0 Å². The Labute approximate surface area is 59.4 Å². The molecule has 1 fully saturated rings. The van der Waals surface area contributed by atoms with Crippen molar-refractivity contribution in [3.8, 4) is 0 Å². The smallest absolute Gasteiger partial charge is 0.183 e. The summed E-state index contributed by atoms with van der Waals surface area (Å²) in [6.07, 6.45) is -0.964. The van der Waals surface area contributed by atoms with E-state index in [9.17, 15) is 0 Å². The molecule has 60 valence electrons. The molecule has 4 heteroatoms. The monoisotopic (exact) mass is 148 g/mol. The third kappa shape index (κ3) is 1.46. The lowest BCUT2D eigenvalue weighted by atomic mass is 10.2. The first-order valence-electron chi connectivity index (χ1n) is 3.25. The topological polar surface area (TPSA) is 58.9 Å². The lowest BCUT2D eigenvalue weighted by Gasteiger charge is -2.10. The zero-order valence-corrected chi connectivity index (χ0v) is 5.86. The van der Waals surface area contributed by atoms with Crippen LogP contribution in [0.15, 0.2) is 0 Å². The molecule has 0 bridgehead atoms. The summed E-state index contributed by atoms with van der Waals surface area (Å²) in [5, 5.41) is 17.7. The second kappa shape index (κ2) is 3.30. The van der Waals surface area contributed by atoms with Gasteiger partial charge in [0.2, 0.25) is 0 Å². The molecular weight excluding hydrogens is 136 g/mol. The fourth-order valence-electron chi connectivity index (χ4n) is 1.05. The zero-order valence-electron chi connectivity index (χ0n) is 5.86. The molecule has 1 aliphatic rings. The van der Waals surface area contributed by atoms with E-state index < -0.39 is 12.4 Å². The summed E-state index contributed by atoms with van der Waals surface area (Å²) < 4.78 is 9.82. The summed E-state index contributed by atoms with van der Waals surface area (Å²) in [4.78, 5) is 0. The van der Waals surface area contributed by atoms with Gasteiger partial charge in [0.15, 0.2) is 6.29 Å². The van der Waals surface area contributed by atoms with Crippen molar-refractivity contribution < 1.29 is 19.7 Å². The molecule has 0 amide bonds. The number of rotatable bonds is 2. The van der Waals surface area contributed by atoms with Crippen molar-refractivity contribution in [2.24, 2.45) is 0 Å². The van der Waals surface area contributed by atoms with E-state index in [0.717, 1.165) is 0 Å². The van der Waals surface area contributed by atoms with Crippen LogP contribution >= 0.6 is 0 Å². The Kier molecular flexibility index (Phi) is 2.62. The van der Waals surface area contributed by atoms with Crippen LogP contribution in [0.1, 0.15) is 6.42 Å². The maximum Gasteiger partial charge on any atom is 0.183 e. The quantitative estimate of drug-likeness (QED) is 0.533. The highest BCUT2D eigenvalue weighted by atomic mass is 16.7. The van der Waals surface area contributed by atoms with E-state index in [1.54, 1.807) is 0 Å². The molecule has 10 heavy (non-hydrogen) atoms. The van der Waals surface area contributed by atoms with Crippen molar-refractivity contribution in [2.45, 2.75) is 24.9 Å². The van der Waals surface area contributed by atoms with E-state index in [4.69, 9.17) is 19.7 Å². The molecule has 0 saturated carbocycles. The van der Waals surface area contributed by atoms with Gasteiger partial charge in [-0.15, -0.1) is 0 Å². The molecule has 0 aliphatic carbocycles. The first-order chi connectivity index (χ1) is 4.77. The van der Waals surface area contributed by atoms with Gasteiger partial charge in [0.05, 0.1) is 12.7 Å². The fraction of sp³-hybridized carbons (Fsp3) is 1.00. The molecule has 0 aromatic heterocycles. The summed E-state index contributed by atoms with van der Waals surface area (Å²) in [5.41, 5.74) is 0. The molecule has 0 radical (unpaired) electrons. The van der Waals surface area contributed by atoms with Crippen molar-refractivity contribution in [1.29, 1.82) is 0 Å². The van der Waals surface area contributed by atoms with Crippen molar-refractivity contribution in [1.82, 2.24) is 0 Å². The molecular formula is C6H12O4. The van der Waals surface area contributed by atoms with E-state index in [1.165, 1.54) is 7.11 Å². The van der Waals surface area contributed by atoms with E-state index in [1.807, 2.05) is 0 Å². The van der Waals surface area contributed by atoms with Crippen molar-refractivity contribution in [2.75, 3.05) is 13.7 Å². The van der Waals surface area contributed by atoms with Crippen LogP contribution in [0.25, 0.3) is 0 Å². The highest BCUT2D eigenvalue weighted by Crippen LogP contribution is 2.19. The number of methoxy groups -OCH3 is 1. The Bertz CT molecular complexity index is 106. The van der Waals surface area contributed by atoms with E-state index in [0.29, 0.717) is 6.42 Å². The Morgan fingerprint density at radius 1 is 1.70 bits per heavy atom. The van der Waals surface area contributed by atoms with Crippen LogP contribution in [0.5, 0.6) is 0 Å². The first kappa shape index (κ1) is 7.94. The second-order valence-corrected chi connectivity index (χ2v) is 2.35. The molecule has 0 spiro atoms. The van der Waals surface area contributed by atoms with Crippen LogP contribution in [0.3, 0.4) is 0 Å². The predicted octanol–water partition coefficient (Wildman–Crippen LogP) is -0.899. The maximum atomic E-state index is 9.13. The van der Waals surface area contributed by atoms with Crippen molar-refractivity contribution in [3.05, 3.63) is 0 Å². The minimum atomic E-state index is -0.595. The van der Waals surface area contributed by atoms with Crippen LogP contribution in [0.4, 0.5) is 0 Å². The van der Waals surface area contributed by atoms with E-state index in [-0.39, 0.29) is 12.7 Å². The Morgan fingerprint density at radius 2 is 2.40 bits per heavy atom. The third-order valence-corrected chi connectivity index (χ3v) is 1.58. The first-order valence-corrected chi connectivity index (χ1v) is 3.25. The van der Waals surface area contributed by atoms with Crippen LogP contribution in [-0.2, 0) is 9.47 Å². The normalized spacial score (nSPS) is 40.5. The minimum Gasteiger partial charge on any atom is -0.394 e. The molecule has 4 nitrogen and oxygen atoms in total. The van der Waals surface area contributed by atoms with Gasteiger partial charge in [-0.2, -0.15) is 0 Å². The molecule has 2 N–H and O–H groups in total. The maximum absolute atomic E-state index is 9.13. The number of hydrogen-bond acceptors (Lipinski definition) is 4. The second-order valence-electron chi connectivity index (χ2n) is 2.35. The van der Waals surface area contributed by atoms with Gasteiger partial charge in [-0.1, -0.05) is 0 Å². The Balaban J connectivity index is 2.36. The summed E-state index contributed by atoms with van der Waals surface area (Å²) in [6, 6.07) is 0. The molecule has 1 heterocycles. The molecule has 3 atom stereocenters. The predicted molar refractivity (Wildman–Crippen MR) is 33.4 cm³/mol. The van der Waals surface area contributed by atoms with Gasteiger partial charge >= 0.3 is 0 Å². The fourth-order valence-corrected chi connectivity index (χ4v) is 1.05. The van der Waals surface area contributed by atoms with Crippen LogP contribution in [0, 0.1) is 0 Å². The Hall–Kier alpha value is -0.160. The number of aliphatic hydroxyl groups excluding tert-OH is 2. The Morgan fingerprint density at radius 3 is 2.70 bits per heavy atom. The average Bonchev–Trinajstić information content (AvgIpc) is 2.30. The molecule has 0 aromatic carbocycles. The largest absolute Gasteiger partial charge is 0.394 e. The lowest BCUT2D eigenvalue weighted by Crippen LogP contribution is -2.22. The standard InChI is InChI=1S/C6H12O4/c1-9-6-5(8)2-4(3-7)10-6/h4-8H,2-3H2,1H3/t4-,5+,6?/m0/s1. The summed E-state index contributed by atoms with van der Waals surface area (Å²) in [7, 11) is 1.47. The summed E-state index contributed by atoms with van der Waals surface area (Å²) >= 11 is 0. The SMILES string of the molecule is COC1O[C@H](CO)C[C@H]1O. The lowest BCUT2D eigenvalue weighted by molar-refractivity contribution is -0.153. The summed E-state index contributed by atoms with van der Waals surface area (Å²) in [5.74, 6) is 0. The highest BCUT2D eigenvalue weighted by molar-refractivity contribution is 4.75.